The lowest BCUT2D eigenvalue weighted by Gasteiger charge is -2.40. The third kappa shape index (κ3) is 1.84. The Bertz CT molecular complexity index is 922. The molecular weight excluding hydrogens is 391 g/mol. The molecule has 1 spiro atoms. The van der Waals surface area contributed by atoms with E-state index in [1.807, 2.05) is 0 Å². The van der Waals surface area contributed by atoms with Crippen molar-refractivity contribution in [1.29, 1.82) is 0 Å². The Kier molecular flexibility index (Phi) is 3.66. The van der Waals surface area contributed by atoms with Gasteiger partial charge in [-0.05, 0) is 42.7 Å². The van der Waals surface area contributed by atoms with Gasteiger partial charge in [-0.15, -0.1) is 0 Å². The molecule has 3 aliphatic heterocycles. The summed E-state index contributed by atoms with van der Waals surface area (Å²) >= 11 is 5.72. The molecule has 2 bridgehead atoms. The van der Waals surface area contributed by atoms with Crippen LogP contribution in [-0.2, 0) is 39.8 Å². The molecule has 0 aliphatic carbocycles. The van der Waals surface area contributed by atoms with Crippen molar-refractivity contribution < 1.29 is 23.5 Å². The number of benzene rings is 1. The summed E-state index contributed by atoms with van der Waals surface area (Å²) < 4.78 is 18.5. The van der Waals surface area contributed by atoms with E-state index >= 15 is 0 Å². The summed E-state index contributed by atoms with van der Waals surface area (Å²) in [6.45, 7) is 3.37. The zero-order valence-electron chi connectivity index (χ0n) is 15.3. The van der Waals surface area contributed by atoms with Gasteiger partial charge in [0.2, 0.25) is 0 Å². The number of piperazine rings is 1. The molecule has 2 amide bonds. The maximum atomic E-state index is 13.5. The molecule has 2 unspecified atom stereocenters. The lowest BCUT2D eigenvalue weighted by molar-refractivity contribution is -0.160. The van der Waals surface area contributed by atoms with Gasteiger partial charge in [-0.3, -0.25) is 14.4 Å². The van der Waals surface area contributed by atoms with E-state index in [9.17, 15) is 18.8 Å². The van der Waals surface area contributed by atoms with Gasteiger partial charge in [-0.1, -0.05) is 21.6 Å². The molecule has 0 N–H and O–H groups in total. The third-order valence-electron chi connectivity index (χ3n) is 6.26. The van der Waals surface area contributed by atoms with Crippen LogP contribution in [0.25, 0.3) is 0 Å². The maximum Gasteiger partial charge on any atom is 0.314 e. The Hall–Kier alpha value is -1.87. The number of hydrogen-bond acceptors (Lipinski definition) is 5. The van der Waals surface area contributed by atoms with Crippen molar-refractivity contribution in [2.24, 2.45) is 5.41 Å². The standard InChI is InChI=1S/C18H19FN2O4S2/c1-16(15(24)25-4)9-18-14(23)20(3)17(2,27(18)26)13(22)21(18)12(16)10-5-7-11(19)8-6-10/h5-8,12H,9H2,1-4H3/t12-,16-,17?,18+,27?/m0/s1. The van der Waals surface area contributed by atoms with Crippen LogP contribution in [0.2, 0.25) is 0 Å². The molecule has 27 heavy (non-hydrogen) atoms. The molecule has 5 atom stereocenters. The molecule has 144 valence electrons. The first-order chi connectivity index (χ1) is 12.6. The molecule has 3 heterocycles. The van der Waals surface area contributed by atoms with Gasteiger partial charge in [0.1, 0.15) is 5.82 Å². The number of esters is 1. The first-order valence-corrected chi connectivity index (χ1v) is 10.6. The molecule has 3 saturated heterocycles. The second-order valence-corrected chi connectivity index (χ2v) is 10.6. The minimum absolute atomic E-state index is 0.0891. The van der Waals surface area contributed by atoms with Crippen molar-refractivity contribution in [2.75, 3.05) is 14.2 Å². The number of carbonyl (C=O) groups excluding carboxylic acids is 3. The summed E-state index contributed by atoms with van der Waals surface area (Å²) in [5.41, 5.74) is -0.595. The summed E-state index contributed by atoms with van der Waals surface area (Å²) in [4.78, 5) is 40.0. The number of carbonyl (C=O) groups is 3. The number of fused-ring (bicyclic) bond motifs is 1. The zero-order chi connectivity index (χ0) is 19.9. The SMILES string of the molecule is COC(=O)[C@@]1(C)C[C@@]23C(=O)N(C)C(C)(C(=O)N2[C@H]1c1ccc(F)cc1)S3=S. The quantitative estimate of drug-likeness (QED) is 0.687. The van der Waals surface area contributed by atoms with Gasteiger partial charge in [-0.25, -0.2) is 4.39 Å². The Labute approximate surface area is 163 Å². The molecule has 0 aromatic heterocycles. The van der Waals surface area contributed by atoms with E-state index in [0.29, 0.717) is 5.56 Å². The highest BCUT2D eigenvalue weighted by atomic mass is 32.8. The van der Waals surface area contributed by atoms with Crippen LogP contribution in [0.3, 0.4) is 0 Å². The molecular formula is C18H19FN2O4S2. The Morgan fingerprint density at radius 3 is 2.41 bits per heavy atom. The highest BCUT2D eigenvalue weighted by molar-refractivity contribution is 8.31. The minimum atomic E-state index is -1.25. The van der Waals surface area contributed by atoms with Crippen molar-refractivity contribution in [3.63, 3.8) is 0 Å². The Morgan fingerprint density at radius 1 is 1.26 bits per heavy atom. The number of methoxy groups -OCH3 is 1. The molecule has 4 rings (SSSR count). The van der Waals surface area contributed by atoms with Crippen molar-refractivity contribution >= 4 is 38.4 Å². The fourth-order valence-electron chi connectivity index (χ4n) is 4.80. The fraction of sp³-hybridized carbons (Fsp3) is 0.500. The number of nitrogens with zero attached hydrogens (tertiary/aromatic N) is 2. The molecule has 9 heteroatoms. The van der Waals surface area contributed by atoms with Gasteiger partial charge in [0.25, 0.3) is 11.8 Å². The van der Waals surface area contributed by atoms with E-state index in [0.717, 1.165) is 0 Å². The number of likely N-dealkylation sites (N-methyl/N-ethyl adjacent to an activating group) is 1. The van der Waals surface area contributed by atoms with E-state index in [2.05, 4.69) is 0 Å². The van der Waals surface area contributed by atoms with Gasteiger partial charge in [0, 0.05) is 13.5 Å². The molecule has 1 aromatic carbocycles. The molecule has 0 radical (unpaired) electrons. The lowest BCUT2D eigenvalue weighted by Crippen LogP contribution is -2.60. The number of hydrogen-bond donors (Lipinski definition) is 0. The fourth-order valence-corrected chi connectivity index (χ4v) is 8.32. The van der Waals surface area contributed by atoms with Crippen LogP contribution in [-0.4, -0.2) is 51.5 Å². The highest BCUT2D eigenvalue weighted by Gasteiger charge is 2.81. The number of rotatable bonds is 2. The minimum Gasteiger partial charge on any atom is -0.469 e. The Morgan fingerprint density at radius 2 is 1.85 bits per heavy atom. The monoisotopic (exact) mass is 410 g/mol. The van der Waals surface area contributed by atoms with Crippen molar-refractivity contribution in [3.05, 3.63) is 35.6 Å². The van der Waals surface area contributed by atoms with Crippen molar-refractivity contribution in [1.82, 2.24) is 9.80 Å². The van der Waals surface area contributed by atoms with Gasteiger partial charge in [0.05, 0.1) is 18.6 Å². The van der Waals surface area contributed by atoms with Crippen LogP contribution in [0.15, 0.2) is 24.3 Å². The topological polar surface area (TPSA) is 66.9 Å². The predicted octanol–water partition coefficient (Wildman–Crippen LogP) is 1.26. The second-order valence-electron chi connectivity index (χ2n) is 7.62. The van der Waals surface area contributed by atoms with Crippen LogP contribution < -0.4 is 0 Å². The van der Waals surface area contributed by atoms with Gasteiger partial charge in [0.15, 0.2) is 9.74 Å². The first kappa shape index (κ1) is 18.5. The Balaban J connectivity index is 1.98. The van der Waals surface area contributed by atoms with Crippen LogP contribution in [0.5, 0.6) is 0 Å². The smallest absolute Gasteiger partial charge is 0.314 e. The van der Waals surface area contributed by atoms with E-state index in [4.69, 9.17) is 15.9 Å². The summed E-state index contributed by atoms with van der Waals surface area (Å²) in [7, 11) is 1.82. The normalized spacial score (nSPS) is 39.9. The number of halogens is 1. The van der Waals surface area contributed by atoms with E-state index in [-0.39, 0.29) is 18.2 Å². The summed E-state index contributed by atoms with van der Waals surface area (Å²) in [6.07, 6.45) is 0.0891. The van der Waals surface area contributed by atoms with Crippen LogP contribution >= 0.6 is 0 Å². The van der Waals surface area contributed by atoms with Crippen molar-refractivity contribution in [2.45, 2.75) is 36.1 Å². The first-order valence-electron chi connectivity index (χ1n) is 8.44. The third-order valence-corrected chi connectivity index (χ3v) is 10.4. The summed E-state index contributed by atoms with van der Waals surface area (Å²) in [5, 5.41) is 0. The van der Waals surface area contributed by atoms with E-state index in [1.54, 1.807) is 20.9 Å². The van der Waals surface area contributed by atoms with Gasteiger partial charge >= 0.3 is 5.97 Å². The lowest BCUT2D eigenvalue weighted by atomic mass is 9.78. The maximum absolute atomic E-state index is 13.5. The molecule has 3 aliphatic rings. The second kappa shape index (κ2) is 5.35. The van der Waals surface area contributed by atoms with E-state index < -0.39 is 42.4 Å². The number of ether oxygens (including phenoxy) is 1. The average molecular weight is 410 g/mol. The summed E-state index contributed by atoms with van der Waals surface area (Å²) in [5.74, 6) is -1.47. The van der Waals surface area contributed by atoms with Gasteiger partial charge < -0.3 is 14.5 Å². The predicted molar refractivity (Wildman–Crippen MR) is 99.4 cm³/mol. The van der Waals surface area contributed by atoms with Crippen molar-refractivity contribution in [3.8, 4) is 0 Å². The average Bonchev–Trinajstić information content (AvgIpc) is 3.08. The molecule has 3 fully saturated rings. The van der Waals surface area contributed by atoms with Gasteiger partial charge in [-0.2, -0.15) is 0 Å². The van der Waals surface area contributed by atoms with E-state index in [1.165, 1.54) is 41.2 Å². The van der Waals surface area contributed by atoms with Crippen LogP contribution in [0.1, 0.15) is 31.9 Å². The van der Waals surface area contributed by atoms with Crippen LogP contribution in [0.4, 0.5) is 4.39 Å². The highest BCUT2D eigenvalue weighted by Crippen LogP contribution is 2.65. The molecule has 1 aromatic rings. The zero-order valence-corrected chi connectivity index (χ0v) is 16.9. The number of amides is 2. The largest absolute Gasteiger partial charge is 0.469 e. The molecule has 0 saturated carbocycles. The van der Waals surface area contributed by atoms with Crippen LogP contribution in [0, 0.1) is 11.2 Å². The summed E-state index contributed by atoms with van der Waals surface area (Å²) in [6, 6.07) is 4.88. The molecule has 6 nitrogen and oxygen atoms in total.